The summed E-state index contributed by atoms with van der Waals surface area (Å²) < 4.78 is 5.03. The molecule has 0 bridgehead atoms. The van der Waals surface area contributed by atoms with Gasteiger partial charge in [0.15, 0.2) is 0 Å². The molecule has 1 atom stereocenters. The van der Waals surface area contributed by atoms with E-state index < -0.39 is 6.04 Å². The quantitative estimate of drug-likeness (QED) is 0.783. The fourth-order valence-corrected chi connectivity index (χ4v) is 1.70. The van der Waals surface area contributed by atoms with Gasteiger partial charge in [-0.2, -0.15) is 0 Å². The first-order valence-corrected chi connectivity index (χ1v) is 6.40. The van der Waals surface area contributed by atoms with Crippen molar-refractivity contribution in [3.05, 3.63) is 23.8 Å². The fraction of sp³-hybridized carbons (Fsp3) is 0.429. The molecule has 0 spiro atoms. The normalized spacial score (nSPS) is 11.6. The van der Waals surface area contributed by atoms with Crippen LogP contribution in [0, 0.1) is 0 Å². The average Bonchev–Trinajstić information content (AvgIpc) is 2.45. The number of nitrogens with zero attached hydrogens (tertiary/aromatic N) is 1. The Morgan fingerprint density at radius 2 is 2.10 bits per heavy atom. The molecule has 1 aromatic carbocycles. The summed E-state index contributed by atoms with van der Waals surface area (Å²) in [6, 6.07) is 4.16. The lowest BCUT2D eigenvalue weighted by molar-refractivity contribution is -0.131. The topological polar surface area (TPSA) is 84.7 Å². The Morgan fingerprint density at radius 1 is 1.45 bits per heavy atom. The third-order valence-corrected chi connectivity index (χ3v) is 3.06. The molecule has 0 aromatic heterocycles. The van der Waals surface area contributed by atoms with Gasteiger partial charge in [-0.3, -0.25) is 9.59 Å². The largest absolute Gasteiger partial charge is 0.495 e. The lowest BCUT2D eigenvalue weighted by atomic mass is 10.1. The third kappa shape index (κ3) is 3.63. The molecular formula is C14H21N3O3. The lowest BCUT2D eigenvalue weighted by Gasteiger charge is -2.20. The van der Waals surface area contributed by atoms with E-state index in [1.807, 2.05) is 6.92 Å². The molecule has 0 radical (unpaired) electrons. The van der Waals surface area contributed by atoms with E-state index in [1.165, 1.54) is 13.2 Å². The van der Waals surface area contributed by atoms with Crippen LogP contribution in [0.15, 0.2) is 18.2 Å². The molecule has 0 aliphatic carbocycles. The molecular weight excluding hydrogens is 258 g/mol. The van der Waals surface area contributed by atoms with Crippen molar-refractivity contribution in [1.82, 2.24) is 10.2 Å². The monoisotopic (exact) mass is 279 g/mol. The van der Waals surface area contributed by atoms with E-state index in [0.717, 1.165) is 0 Å². The molecule has 3 N–H and O–H groups in total. The predicted octanol–water partition coefficient (Wildman–Crippen LogP) is 0.874. The first-order chi connectivity index (χ1) is 9.40. The number of hydrogen-bond donors (Lipinski definition) is 2. The van der Waals surface area contributed by atoms with Gasteiger partial charge in [0.2, 0.25) is 5.91 Å². The summed E-state index contributed by atoms with van der Waals surface area (Å²) in [5, 5.41) is 2.65. The summed E-state index contributed by atoms with van der Waals surface area (Å²) in [6.07, 6.45) is 0. The lowest BCUT2D eigenvalue weighted by Crippen LogP contribution is -2.45. The number of nitrogens with one attached hydrogen (secondary N) is 1. The number of benzene rings is 1. The number of nitrogen functional groups attached to an aromatic ring is 1. The van der Waals surface area contributed by atoms with Crippen LogP contribution in [0.25, 0.3) is 0 Å². The van der Waals surface area contributed by atoms with Gasteiger partial charge in [-0.25, -0.2) is 0 Å². The molecule has 6 nitrogen and oxygen atoms in total. The van der Waals surface area contributed by atoms with Gasteiger partial charge in [-0.05, 0) is 32.0 Å². The average molecular weight is 279 g/mol. The van der Waals surface area contributed by atoms with Crippen molar-refractivity contribution in [2.24, 2.45) is 0 Å². The Bertz CT molecular complexity index is 502. The van der Waals surface area contributed by atoms with Gasteiger partial charge in [0.05, 0.1) is 12.8 Å². The maximum atomic E-state index is 12.0. The summed E-state index contributed by atoms with van der Waals surface area (Å²) in [7, 11) is 3.20. The number of carbonyl (C=O) groups excluding carboxylic acids is 2. The van der Waals surface area contributed by atoms with Crippen molar-refractivity contribution in [3.8, 4) is 5.75 Å². The van der Waals surface area contributed by atoms with Crippen molar-refractivity contribution in [2.75, 3.05) is 26.4 Å². The zero-order valence-corrected chi connectivity index (χ0v) is 12.3. The Kier molecular flexibility index (Phi) is 5.37. The Morgan fingerprint density at radius 3 is 2.60 bits per heavy atom. The van der Waals surface area contributed by atoms with E-state index in [-0.39, 0.29) is 11.8 Å². The van der Waals surface area contributed by atoms with E-state index in [2.05, 4.69) is 5.32 Å². The number of likely N-dealkylation sites (N-methyl/N-ethyl adjacent to an activating group) is 1. The summed E-state index contributed by atoms with van der Waals surface area (Å²) in [4.78, 5) is 25.5. The second-order valence-electron chi connectivity index (χ2n) is 4.50. The summed E-state index contributed by atoms with van der Waals surface area (Å²) in [5.74, 6) is 0.0310. The number of carbonyl (C=O) groups is 2. The SMILES string of the molecule is CCN(C)C(=O)C(C)NC(=O)c1ccc(OC)c(N)c1. The van der Waals surface area contributed by atoms with Crippen LogP contribution in [0.5, 0.6) is 5.75 Å². The van der Waals surface area contributed by atoms with Gasteiger partial charge >= 0.3 is 0 Å². The van der Waals surface area contributed by atoms with Crippen molar-refractivity contribution < 1.29 is 14.3 Å². The second kappa shape index (κ2) is 6.79. The number of amides is 2. The van der Waals surface area contributed by atoms with Gasteiger partial charge in [-0.1, -0.05) is 0 Å². The molecule has 1 rings (SSSR count). The summed E-state index contributed by atoms with van der Waals surface area (Å²) >= 11 is 0. The minimum atomic E-state index is -0.587. The van der Waals surface area contributed by atoms with Crippen LogP contribution < -0.4 is 15.8 Å². The number of hydrogen-bond acceptors (Lipinski definition) is 4. The number of anilines is 1. The highest BCUT2D eigenvalue weighted by molar-refractivity contribution is 5.98. The van der Waals surface area contributed by atoms with Crippen molar-refractivity contribution in [2.45, 2.75) is 19.9 Å². The number of ether oxygens (including phenoxy) is 1. The van der Waals surface area contributed by atoms with Gasteiger partial charge < -0.3 is 20.7 Å². The maximum absolute atomic E-state index is 12.0. The highest BCUT2D eigenvalue weighted by Crippen LogP contribution is 2.21. The maximum Gasteiger partial charge on any atom is 0.251 e. The summed E-state index contributed by atoms with van der Waals surface area (Å²) in [5.41, 5.74) is 6.52. The molecule has 1 unspecified atom stereocenters. The molecule has 0 saturated carbocycles. The zero-order chi connectivity index (χ0) is 15.3. The van der Waals surface area contributed by atoms with Crippen LogP contribution in [0.3, 0.4) is 0 Å². The minimum Gasteiger partial charge on any atom is -0.495 e. The van der Waals surface area contributed by atoms with E-state index in [9.17, 15) is 9.59 Å². The van der Waals surface area contributed by atoms with E-state index in [1.54, 1.807) is 31.0 Å². The number of nitrogens with two attached hydrogens (primary N) is 1. The molecule has 1 aromatic rings. The standard InChI is InChI=1S/C14H21N3O3/c1-5-17(3)14(19)9(2)16-13(18)10-6-7-12(20-4)11(15)8-10/h6-9H,5,15H2,1-4H3,(H,16,18). The van der Waals surface area contributed by atoms with Crippen LogP contribution >= 0.6 is 0 Å². The van der Waals surface area contributed by atoms with Crippen LogP contribution in [-0.4, -0.2) is 43.5 Å². The Balaban J connectivity index is 2.76. The molecule has 6 heteroatoms. The molecule has 20 heavy (non-hydrogen) atoms. The Hall–Kier alpha value is -2.24. The van der Waals surface area contributed by atoms with Crippen LogP contribution in [0.4, 0.5) is 5.69 Å². The molecule has 0 heterocycles. The highest BCUT2D eigenvalue weighted by atomic mass is 16.5. The molecule has 110 valence electrons. The first-order valence-electron chi connectivity index (χ1n) is 6.40. The fourth-order valence-electron chi connectivity index (χ4n) is 1.70. The number of rotatable bonds is 5. The number of methoxy groups -OCH3 is 1. The predicted molar refractivity (Wildman–Crippen MR) is 77.6 cm³/mol. The third-order valence-electron chi connectivity index (χ3n) is 3.06. The van der Waals surface area contributed by atoms with Gasteiger partial charge in [0.25, 0.3) is 5.91 Å². The second-order valence-corrected chi connectivity index (χ2v) is 4.50. The van der Waals surface area contributed by atoms with E-state index in [0.29, 0.717) is 23.5 Å². The smallest absolute Gasteiger partial charge is 0.251 e. The van der Waals surface area contributed by atoms with Crippen LogP contribution in [0.2, 0.25) is 0 Å². The van der Waals surface area contributed by atoms with E-state index in [4.69, 9.17) is 10.5 Å². The van der Waals surface area contributed by atoms with Crippen molar-refractivity contribution in [3.63, 3.8) is 0 Å². The van der Waals surface area contributed by atoms with Crippen LogP contribution in [-0.2, 0) is 4.79 Å². The van der Waals surface area contributed by atoms with Crippen molar-refractivity contribution >= 4 is 17.5 Å². The van der Waals surface area contributed by atoms with Gasteiger partial charge in [0.1, 0.15) is 11.8 Å². The molecule has 2 amide bonds. The highest BCUT2D eigenvalue weighted by Gasteiger charge is 2.19. The first kappa shape index (κ1) is 15.8. The van der Waals surface area contributed by atoms with Gasteiger partial charge in [0, 0.05) is 19.2 Å². The molecule has 0 aliphatic heterocycles. The molecule has 0 aliphatic rings. The van der Waals surface area contributed by atoms with Gasteiger partial charge in [-0.15, -0.1) is 0 Å². The van der Waals surface area contributed by atoms with Crippen molar-refractivity contribution in [1.29, 1.82) is 0 Å². The Labute approximate surface area is 118 Å². The molecule has 0 fully saturated rings. The van der Waals surface area contributed by atoms with Crippen LogP contribution in [0.1, 0.15) is 24.2 Å². The summed E-state index contributed by atoms with van der Waals surface area (Å²) in [6.45, 7) is 4.12. The van der Waals surface area contributed by atoms with E-state index >= 15 is 0 Å². The zero-order valence-electron chi connectivity index (χ0n) is 12.3. The molecule has 0 saturated heterocycles. The minimum absolute atomic E-state index is 0.137.